The molecule has 2 rings (SSSR count). The van der Waals surface area contributed by atoms with Crippen LogP contribution in [0.25, 0.3) is 0 Å². The van der Waals surface area contributed by atoms with Crippen molar-refractivity contribution < 1.29 is 4.79 Å². The highest BCUT2D eigenvalue weighted by molar-refractivity contribution is 7.09. The van der Waals surface area contributed by atoms with Gasteiger partial charge in [-0.15, -0.1) is 11.3 Å². The lowest BCUT2D eigenvalue weighted by molar-refractivity contribution is 0.112. The predicted molar refractivity (Wildman–Crippen MR) is 71.4 cm³/mol. The highest BCUT2D eigenvalue weighted by atomic mass is 35.5. The average molecular weight is 283 g/mol. The van der Waals surface area contributed by atoms with Crippen LogP contribution >= 0.6 is 22.9 Å². The summed E-state index contributed by atoms with van der Waals surface area (Å²) in [7, 11) is 1.83. The van der Waals surface area contributed by atoms with Crippen molar-refractivity contribution in [1.82, 2.24) is 15.0 Å². The first kappa shape index (κ1) is 12.9. The maximum Gasteiger partial charge on any atom is 0.156 e. The molecule has 18 heavy (non-hydrogen) atoms. The molecule has 0 aliphatic carbocycles. The Labute approximate surface area is 113 Å². The minimum atomic E-state index is 0.163. The number of aromatic nitrogens is 3. The highest BCUT2D eigenvalue weighted by Crippen LogP contribution is 2.22. The molecule has 5 nitrogen and oxygen atoms in total. The summed E-state index contributed by atoms with van der Waals surface area (Å²) in [5, 5.41) is 3.15. The van der Waals surface area contributed by atoms with Crippen molar-refractivity contribution in [3.63, 3.8) is 0 Å². The van der Waals surface area contributed by atoms with Crippen molar-refractivity contribution in [2.45, 2.75) is 13.5 Å². The van der Waals surface area contributed by atoms with Gasteiger partial charge in [-0.2, -0.15) is 0 Å². The number of carbonyl (C=O) groups excluding carboxylic acids is 1. The third-order valence-electron chi connectivity index (χ3n) is 2.36. The first-order valence-corrected chi connectivity index (χ1v) is 6.45. The van der Waals surface area contributed by atoms with E-state index in [9.17, 15) is 4.79 Å². The van der Waals surface area contributed by atoms with E-state index in [1.54, 1.807) is 11.3 Å². The van der Waals surface area contributed by atoms with E-state index >= 15 is 0 Å². The van der Waals surface area contributed by atoms with Gasteiger partial charge in [0, 0.05) is 12.4 Å². The lowest BCUT2D eigenvalue weighted by Crippen LogP contribution is -2.20. The van der Waals surface area contributed by atoms with Crippen LogP contribution in [0.3, 0.4) is 0 Å². The molecule has 2 heterocycles. The second-order valence-corrected chi connectivity index (χ2v) is 5.15. The molecule has 0 aliphatic heterocycles. The van der Waals surface area contributed by atoms with Crippen molar-refractivity contribution in [3.8, 4) is 0 Å². The largest absolute Gasteiger partial charge is 0.353 e. The Morgan fingerprint density at radius 2 is 2.28 bits per heavy atom. The summed E-state index contributed by atoms with van der Waals surface area (Å²) in [4.78, 5) is 25.1. The number of aryl methyl sites for hydroxylation is 1. The number of rotatable bonds is 4. The van der Waals surface area contributed by atoms with Gasteiger partial charge in [-0.25, -0.2) is 15.0 Å². The van der Waals surface area contributed by atoms with Gasteiger partial charge in [0.05, 0.1) is 22.8 Å². The van der Waals surface area contributed by atoms with Gasteiger partial charge in [-0.05, 0) is 6.92 Å². The number of hydrogen-bond donors (Lipinski definition) is 0. The standard InChI is InChI=1S/C11H11ClN4OS/c1-7-15-8(5-18-7)3-16(2)11-9(4-17)10(12)13-6-14-11/h4-6H,3H2,1-2H3. The molecule has 0 saturated heterocycles. The Kier molecular flexibility index (Phi) is 3.88. The van der Waals surface area contributed by atoms with Crippen molar-refractivity contribution in [2.24, 2.45) is 0 Å². The molecular formula is C11H11ClN4OS. The van der Waals surface area contributed by atoms with Crippen LogP contribution in [0.1, 0.15) is 21.1 Å². The van der Waals surface area contributed by atoms with Gasteiger partial charge < -0.3 is 4.90 Å². The molecule has 0 N–H and O–H groups in total. The molecule has 0 fully saturated rings. The number of nitrogens with zero attached hydrogens (tertiary/aromatic N) is 4. The smallest absolute Gasteiger partial charge is 0.156 e. The molecule has 0 radical (unpaired) electrons. The van der Waals surface area contributed by atoms with E-state index in [4.69, 9.17) is 11.6 Å². The Morgan fingerprint density at radius 3 is 2.89 bits per heavy atom. The van der Waals surface area contributed by atoms with Crippen LogP contribution in [0.2, 0.25) is 5.15 Å². The van der Waals surface area contributed by atoms with Gasteiger partial charge in [-0.1, -0.05) is 11.6 Å². The molecule has 7 heteroatoms. The quantitative estimate of drug-likeness (QED) is 0.636. The summed E-state index contributed by atoms with van der Waals surface area (Å²) < 4.78 is 0. The molecular weight excluding hydrogens is 272 g/mol. The summed E-state index contributed by atoms with van der Waals surface area (Å²) in [5.74, 6) is 0.510. The van der Waals surface area contributed by atoms with Crippen molar-refractivity contribution in [3.05, 3.63) is 33.1 Å². The summed E-state index contributed by atoms with van der Waals surface area (Å²) >= 11 is 7.45. The monoisotopic (exact) mass is 282 g/mol. The topological polar surface area (TPSA) is 59.0 Å². The van der Waals surface area contributed by atoms with Crippen LogP contribution in [0.15, 0.2) is 11.7 Å². The van der Waals surface area contributed by atoms with Crippen molar-refractivity contribution >= 4 is 35.0 Å². The summed E-state index contributed by atoms with van der Waals surface area (Å²) in [5.41, 5.74) is 1.24. The molecule has 0 aliphatic rings. The van der Waals surface area contributed by atoms with Crippen molar-refractivity contribution in [2.75, 3.05) is 11.9 Å². The van der Waals surface area contributed by atoms with Crippen LogP contribution in [-0.2, 0) is 6.54 Å². The Balaban J connectivity index is 2.26. The van der Waals surface area contributed by atoms with E-state index in [0.717, 1.165) is 10.7 Å². The van der Waals surface area contributed by atoms with E-state index in [1.165, 1.54) is 6.33 Å². The van der Waals surface area contributed by atoms with E-state index in [0.29, 0.717) is 24.2 Å². The third-order valence-corrected chi connectivity index (χ3v) is 3.48. The minimum Gasteiger partial charge on any atom is -0.353 e. The van der Waals surface area contributed by atoms with E-state index in [-0.39, 0.29) is 5.15 Å². The first-order chi connectivity index (χ1) is 8.61. The zero-order valence-corrected chi connectivity index (χ0v) is 11.5. The van der Waals surface area contributed by atoms with E-state index < -0.39 is 0 Å². The summed E-state index contributed by atoms with van der Waals surface area (Å²) in [6.45, 7) is 2.52. The maximum atomic E-state index is 11.0. The molecule has 0 saturated carbocycles. The fraction of sp³-hybridized carbons (Fsp3) is 0.273. The number of anilines is 1. The molecule has 2 aromatic rings. The predicted octanol–water partition coefficient (Wildman–Crippen LogP) is 2.34. The minimum absolute atomic E-state index is 0.163. The van der Waals surface area contributed by atoms with Gasteiger partial charge in [0.2, 0.25) is 0 Å². The van der Waals surface area contributed by atoms with Crippen LogP contribution in [0, 0.1) is 6.92 Å². The Bertz CT molecular complexity index is 572. The third kappa shape index (κ3) is 2.65. The van der Waals surface area contributed by atoms with Crippen LogP contribution in [-0.4, -0.2) is 28.3 Å². The zero-order chi connectivity index (χ0) is 13.1. The molecule has 0 bridgehead atoms. The molecule has 0 amide bonds. The highest BCUT2D eigenvalue weighted by Gasteiger charge is 2.14. The number of aldehydes is 1. The van der Waals surface area contributed by atoms with Gasteiger partial charge in [0.25, 0.3) is 0 Å². The van der Waals surface area contributed by atoms with Gasteiger partial charge in [0.15, 0.2) is 6.29 Å². The summed E-state index contributed by atoms with van der Waals surface area (Å²) in [6.07, 6.45) is 2.01. The lowest BCUT2D eigenvalue weighted by Gasteiger charge is -2.18. The molecule has 0 unspecified atom stereocenters. The molecule has 0 aromatic carbocycles. The number of carbonyl (C=O) groups is 1. The molecule has 0 atom stereocenters. The fourth-order valence-electron chi connectivity index (χ4n) is 1.57. The van der Waals surface area contributed by atoms with Crippen LogP contribution < -0.4 is 4.90 Å². The molecule has 0 spiro atoms. The number of hydrogen-bond acceptors (Lipinski definition) is 6. The van der Waals surface area contributed by atoms with Gasteiger partial charge in [0.1, 0.15) is 17.3 Å². The van der Waals surface area contributed by atoms with Gasteiger partial charge >= 0.3 is 0 Å². The van der Waals surface area contributed by atoms with Crippen molar-refractivity contribution in [1.29, 1.82) is 0 Å². The summed E-state index contributed by atoms with van der Waals surface area (Å²) in [6, 6.07) is 0. The number of halogens is 1. The van der Waals surface area contributed by atoms with Crippen LogP contribution in [0.5, 0.6) is 0 Å². The lowest BCUT2D eigenvalue weighted by atomic mass is 10.3. The molecule has 2 aromatic heterocycles. The second-order valence-electron chi connectivity index (χ2n) is 3.73. The van der Waals surface area contributed by atoms with E-state index in [1.807, 2.05) is 24.3 Å². The SMILES string of the molecule is Cc1nc(CN(C)c2ncnc(Cl)c2C=O)cs1. The Hall–Kier alpha value is -1.53. The fourth-order valence-corrected chi connectivity index (χ4v) is 2.35. The van der Waals surface area contributed by atoms with Crippen LogP contribution in [0.4, 0.5) is 5.82 Å². The zero-order valence-electron chi connectivity index (χ0n) is 9.92. The average Bonchev–Trinajstić information content (AvgIpc) is 2.74. The van der Waals surface area contributed by atoms with E-state index in [2.05, 4.69) is 15.0 Å². The number of thiazole rings is 1. The van der Waals surface area contributed by atoms with Gasteiger partial charge in [-0.3, -0.25) is 4.79 Å². The maximum absolute atomic E-state index is 11.0. The first-order valence-electron chi connectivity index (χ1n) is 5.19. The Morgan fingerprint density at radius 1 is 1.50 bits per heavy atom. The molecule has 94 valence electrons. The second kappa shape index (κ2) is 5.41. The normalized spacial score (nSPS) is 10.4.